The van der Waals surface area contributed by atoms with Gasteiger partial charge in [-0.25, -0.2) is 0 Å². The second-order valence-electron chi connectivity index (χ2n) is 5.11. The van der Waals surface area contributed by atoms with Crippen LogP contribution >= 0.6 is 0 Å². The summed E-state index contributed by atoms with van der Waals surface area (Å²) < 4.78 is 11.0. The van der Waals surface area contributed by atoms with Crippen molar-refractivity contribution in [2.45, 2.75) is 13.8 Å². The summed E-state index contributed by atoms with van der Waals surface area (Å²) in [6.07, 6.45) is 0. The molecule has 0 aliphatic heterocycles. The predicted molar refractivity (Wildman–Crippen MR) is 97.1 cm³/mol. The number of hydrogen-bond acceptors (Lipinski definition) is 5. The van der Waals surface area contributed by atoms with Crippen molar-refractivity contribution < 1.29 is 14.3 Å². The van der Waals surface area contributed by atoms with Gasteiger partial charge in [-0.05, 0) is 50.2 Å². The highest BCUT2D eigenvalue weighted by Crippen LogP contribution is 2.29. The zero-order valence-electron chi connectivity index (χ0n) is 14.3. The summed E-state index contributed by atoms with van der Waals surface area (Å²) in [7, 11) is 0. The van der Waals surface area contributed by atoms with E-state index in [0.29, 0.717) is 36.0 Å². The van der Waals surface area contributed by atoms with Crippen molar-refractivity contribution in [3.8, 4) is 17.6 Å². The topological polar surface area (TPSA) is 83.4 Å². The molecule has 0 aliphatic rings. The van der Waals surface area contributed by atoms with Gasteiger partial charge in [0.2, 0.25) is 5.91 Å². The van der Waals surface area contributed by atoms with E-state index in [1.54, 1.807) is 42.5 Å². The Hall–Kier alpha value is -3.20. The molecule has 0 atom stereocenters. The lowest BCUT2D eigenvalue weighted by molar-refractivity contribution is -0.114. The van der Waals surface area contributed by atoms with E-state index in [4.69, 9.17) is 14.7 Å². The van der Waals surface area contributed by atoms with Crippen LogP contribution in [0.2, 0.25) is 0 Å². The van der Waals surface area contributed by atoms with Crippen molar-refractivity contribution in [1.82, 2.24) is 0 Å². The molecule has 2 N–H and O–H groups in total. The summed E-state index contributed by atoms with van der Waals surface area (Å²) in [6, 6.07) is 14.3. The standard InChI is InChI=1S/C19H21N3O3/c1-3-24-16-9-10-18(25-4-2)17(11-16)22-19(23)13-21-15-7-5-14(12-20)6-8-15/h5-11,21H,3-4,13H2,1-2H3,(H,22,23). The van der Waals surface area contributed by atoms with Gasteiger partial charge in [0.25, 0.3) is 0 Å². The monoisotopic (exact) mass is 339 g/mol. The summed E-state index contributed by atoms with van der Waals surface area (Å²) >= 11 is 0. The zero-order valence-corrected chi connectivity index (χ0v) is 14.3. The van der Waals surface area contributed by atoms with Crippen LogP contribution in [0.1, 0.15) is 19.4 Å². The first kappa shape index (κ1) is 18.1. The summed E-state index contributed by atoms with van der Waals surface area (Å²) in [4.78, 5) is 12.2. The lowest BCUT2D eigenvalue weighted by Gasteiger charge is -2.14. The van der Waals surface area contributed by atoms with E-state index >= 15 is 0 Å². The average Bonchev–Trinajstić information content (AvgIpc) is 2.63. The van der Waals surface area contributed by atoms with Crippen LogP contribution in [0.4, 0.5) is 11.4 Å². The number of nitrogens with zero attached hydrogens (tertiary/aromatic N) is 1. The maximum Gasteiger partial charge on any atom is 0.243 e. The van der Waals surface area contributed by atoms with Crippen molar-refractivity contribution in [2.75, 3.05) is 30.4 Å². The Morgan fingerprint density at radius 3 is 2.44 bits per heavy atom. The van der Waals surface area contributed by atoms with Crippen LogP contribution in [0, 0.1) is 11.3 Å². The van der Waals surface area contributed by atoms with Crippen molar-refractivity contribution in [1.29, 1.82) is 5.26 Å². The minimum atomic E-state index is -0.209. The number of amides is 1. The van der Waals surface area contributed by atoms with Gasteiger partial charge in [-0.1, -0.05) is 0 Å². The molecule has 0 fully saturated rings. The van der Waals surface area contributed by atoms with Gasteiger partial charge in [0.1, 0.15) is 11.5 Å². The summed E-state index contributed by atoms with van der Waals surface area (Å²) in [5.74, 6) is 1.05. The average molecular weight is 339 g/mol. The Labute approximate surface area is 147 Å². The van der Waals surface area contributed by atoms with Crippen LogP contribution in [0.15, 0.2) is 42.5 Å². The molecular formula is C19H21N3O3. The van der Waals surface area contributed by atoms with Crippen LogP contribution in [0.3, 0.4) is 0 Å². The van der Waals surface area contributed by atoms with E-state index in [0.717, 1.165) is 5.69 Å². The molecule has 2 aromatic carbocycles. The van der Waals surface area contributed by atoms with Crippen LogP contribution < -0.4 is 20.1 Å². The van der Waals surface area contributed by atoms with Crippen molar-refractivity contribution in [2.24, 2.45) is 0 Å². The SMILES string of the molecule is CCOc1ccc(OCC)c(NC(=O)CNc2ccc(C#N)cc2)c1. The molecule has 25 heavy (non-hydrogen) atoms. The van der Waals surface area contributed by atoms with Crippen molar-refractivity contribution >= 4 is 17.3 Å². The summed E-state index contributed by atoms with van der Waals surface area (Å²) in [5.41, 5.74) is 1.91. The number of benzene rings is 2. The molecule has 0 heterocycles. The summed E-state index contributed by atoms with van der Waals surface area (Å²) in [5, 5.41) is 14.6. The number of nitrogens with one attached hydrogen (secondary N) is 2. The number of ether oxygens (including phenoxy) is 2. The van der Waals surface area contributed by atoms with E-state index in [-0.39, 0.29) is 12.5 Å². The molecule has 0 unspecified atom stereocenters. The van der Waals surface area contributed by atoms with Gasteiger partial charge in [-0.3, -0.25) is 4.79 Å². The first-order valence-corrected chi connectivity index (χ1v) is 8.09. The lowest BCUT2D eigenvalue weighted by atomic mass is 10.2. The molecular weight excluding hydrogens is 318 g/mol. The van der Waals surface area contributed by atoms with Gasteiger partial charge < -0.3 is 20.1 Å². The third-order valence-corrected chi connectivity index (χ3v) is 3.30. The second kappa shape index (κ2) is 9.18. The molecule has 0 radical (unpaired) electrons. The van der Waals surface area contributed by atoms with Crippen LogP contribution in [-0.4, -0.2) is 25.7 Å². The number of nitriles is 1. The maximum atomic E-state index is 12.2. The molecule has 0 saturated heterocycles. The Balaban J connectivity index is 2.00. The minimum absolute atomic E-state index is 0.0936. The lowest BCUT2D eigenvalue weighted by Crippen LogP contribution is -2.22. The Kier molecular flexibility index (Phi) is 6.66. The fourth-order valence-corrected chi connectivity index (χ4v) is 2.18. The van der Waals surface area contributed by atoms with E-state index in [2.05, 4.69) is 16.7 Å². The summed E-state index contributed by atoms with van der Waals surface area (Å²) in [6.45, 7) is 4.92. The highest BCUT2D eigenvalue weighted by molar-refractivity contribution is 5.95. The normalized spacial score (nSPS) is 9.80. The van der Waals surface area contributed by atoms with Crippen LogP contribution in [0.5, 0.6) is 11.5 Å². The fourth-order valence-electron chi connectivity index (χ4n) is 2.18. The molecule has 0 spiro atoms. The number of anilines is 2. The minimum Gasteiger partial charge on any atom is -0.494 e. The second-order valence-corrected chi connectivity index (χ2v) is 5.11. The predicted octanol–water partition coefficient (Wildman–Crippen LogP) is 3.41. The third kappa shape index (κ3) is 5.43. The van der Waals surface area contributed by atoms with Gasteiger partial charge in [0, 0.05) is 11.8 Å². The van der Waals surface area contributed by atoms with Crippen LogP contribution in [0.25, 0.3) is 0 Å². The number of carbonyl (C=O) groups is 1. The number of hydrogen-bond donors (Lipinski definition) is 2. The maximum absolute atomic E-state index is 12.2. The third-order valence-electron chi connectivity index (χ3n) is 3.30. The molecule has 1 amide bonds. The Morgan fingerprint density at radius 2 is 1.80 bits per heavy atom. The Bertz CT molecular complexity index is 751. The van der Waals surface area contributed by atoms with E-state index in [1.165, 1.54) is 0 Å². The van der Waals surface area contributed by atoms with Crippen molar-refractivity contribution in [3.63, 3.8) is 0 Å². The molecule has 6 heteroatoms. The van der Waals surface area contributed by atoms with Gasteiger partial charge in [0.15, 0.2) is 0 Å². The molecule has 130 valence electrons. The number of carbonyl (C=O) groups excluding carboxylic acids is 1. The fraction of sp³-hybridized carbons (Fsp3) is 0.263. The molecule has 0 bridgehead atoms. The van der Waals surface area contributed by atoms with Crippen LogP contribution in [-0.2, 0) is 4.79 Å². The number of rotatable bonds is 8. The molecule has 6 nitrogen and oxygen atoms in total. The molecule has 0 aliphatic carbocycles. The quantitative estimate of drug-likeness (QED) is 0.770. The van der Waals surface area contributed by atoms with Gasteiger partial charge in [0.05, 0.1) is 37.1 Å². The van der Waals surface area contributed by atoms with Gasteiger partial charge in [-0.2, -0.15) is 5.26 Å². The Morgan fingerprint density at radius 1 is 1.08 bits per heavy atom. The van der Waals surface area contributed by atoms with Crippen molar-refractivity contribution in [3.05, 3.63) is 48.0 Å². The highest BCUT2D eigenvalue weighted by atomic mass is 16.5. The van der Waals surface area contributed by atoms with E-state index in [9.17, 15) is 4.79 Å². The molecule has 0 aromatic heterocycles. The molecule has 2 aromatic rings. The molecule has 0 saturated carbocycles. The largest absolute Gasteiger partial charge is 0.494 e. The highest BCUT2D eigenvalue weighted by Gasteiger charge is 2.10. The molecule has 2 rings (SSSR count). The van der Waals surface area contributed by atoms with E-state index in [1.807, 2.05) is 13.8 Å². The first-order chi connectivity index (χ1) is 12.2. The van der Waals surface area contributed by atoms with Gasteiger partial charge >= 0.3 is 0 Å². The van der Waals surface area contributed by atoms with Gasteiger partial charge in [-0.15, -0.1) is 0 Å². The smallest absolute Gasteiger partial charge is 0.243 e. The van der Waals surface area contributed by atoms with E-state index < -0.39 is 0 Å². The zero-order chi connectivity index (χ0) is 18.1. The first-order valence-electron chi connectivity index (χ1n) is 8.09.